The van der Waals surface area contributed by atoms with E-state index in [9.17, 15) is 12.8 Å². The Bertz CT molecular complexity index is 498. The van der Waals surface area contributed by atoms with Crippen molar-refractivity contribution >= 4 is 15.7 Å². The lowest BCUT2D eigenvalue weighted by molar-refractivity contribution is 0.564. The minimum Gasteiger partial charge on any atom is -0.399 e. The summed E-state index contributed by atoms with van der Waals surface area (Å²) in [6, 6.07) is 2.10. The Kier molecular flexibility index (Phi) is 3.54. The molecule has 0 amide bonds. The van der Waals surface area contributed by atoms with Crippen molar-refractivity contribution in [3.63, 3.8) is 0 Å². The molecule has 90 valence electrons. The molecule has 0 saturated carbocycles. The van der Waals surface area contributed by atoms with E-state index in [-0.39, 0.29) is 22.2 Å². The molecule has 1 rings (SSSR count). The van der Waals surface area contributed by atoms with Gasteiger partial charge in [0, 0.05) is 17.3 Å². The normalized spacial score (nSPS) is 12.1. The van der Waals surface area contributed by atoms with Gasteiger partial charge in [-0.2, -0.15) is 0 Å². The molecule has 0 aromatic heterocycles. The average molecular weight is 246 g/mol. The van der Waals surface area contributed by atoms with Gasteiger partial charge >= 0.3 is 0 Å². The largest absolute Gasteiger partial charge is 0.399 e. The van der Waals surface area contributed by atoms with Gasteiger partial charge in [-0.25, -0.2) is 17.5 Å². The molecule has 0 radical (unpaired) electrons. The van der Waals surface area contributed by atoms with Crippen LogP contribution in [0.3, 0.4) is 0 Å². The number of hydrogen-bond donors (Lipinski definition) is 2. The molecular formula is C10H15FN2O2S. The lowest BCUT2D eigenvalue weighted by Crippen LogP contribution is -2.31. The Balaban J connectivity index is 3.33. The molecule has 6 heteroatoms. The number of halogens is 1. The highest BCUT2D eigenvalue weighted by molar-refractivity contribution is 7.89. The van der Waals surface area contributed by atoms with Crippen LogP contribution in [0.15, 0.2) is 17.0 Å². The number of nitrogens with two attached hydrogens (primary N) is 1. The lowest BCUT2D eigenvalue weighted by atomic mass is 10.2. The summed E-state index contributed by atoms with van der Waals surface area (Å²) in [5.41, 5.74) is 5.59. The molecule has 16 heavy (non-hydrogen) atoms. The number of nitrogen functional groups attached to an aromatic ring is 1. The van der Waals surface area contributed by atoms with Gasteiger partial charge in [-0.3, -0.25) is 0 Å². The van der Waals surface area contributed by atoms with Crippen LogP contribution in [0.25, 0.3) is 0 Å². The van der Waals surface area contributed by atoms with Gasteiger partial charge in [-0.15, -0.1) is 0 Å². The number of benzene rings is 1. The second-order valence-electron chi connectivity index (χ2n) is 3.90. The molecule has 0 unspecified atom stereocenters. The van der Waals surface area contributed by atoms with Crippen molar-refractivity contribution in [3.05, 3.63) is 23.5 Å². The number of anilines is 1. The molecule has 0 saturated heterocycles. The second kappa shape index (κ2) is 4.39. The summed E-state index contributed by atoms with van der Waals surface area (Å²) in [6.07, 6.45) is 0. The first-order valence-corrected chi connectivity index (χ1v) is 6.30. The topological polar surface area (TPSA) is 72.2 Å². The van der Waals surface area contributed by atoms with Crippen molar-refractivity contribution < 1.29 is 12.8 Å². The van der Waals surface area contributed by atoms with Crippen LogP contribution in [0.1, 0.15) is 19.4 Å². The number of sulfonamides is 1. The molecule has 0 bridgehead atoms. The molecule has 0 heterocycles. The first kappa shape index (κ1) is 12.9. The zero-order chi connectivity index (χ0) is 12.5. The fourth-order valence-corrected chi connectivity index (χ4v) is 2.87. The van der Waals surface area contributed by atoms with Crippen LogP contribution in [0.2, 0.25) is 0 Å². The van der Waals surface area contributed by atoms with Gasteiger partial charge in [0.2, 0.25) is 10.0 Å². The highest BCUT2D eigenvalue weighted by Gasteiger charge is 2.20. The fourth-order valence-electron chi connectivity index (χ4n) is 1.33. The molecule has 1 aromatic carbocycles. The van der Waals surface area contributed by atoms with Crippen molar-refractivity contribution in [3.8, 4) is 0 Å². The first-order chi connectivity index (χ1) is 7.24. The van der Waals surface area contributed by atoms with Crippen LogP contribution >= 0.6 is 0 Å². The predicted octanol–water partition coefficient (Wildman–Crippen LogP) is 1.40. The van der Waals surface area contributed by atoms with Crippen LogP contribution in [-0.4, -0.2) is 14.5 Å². The zero-order valence-electron chi connectivity index (χ0n) is 9.41. The van der Waals surface area contributed by atoms with E-state index >= 15 is 0 Å². The monoisotopic (exact) mass is 246 g/mol. The van der Waals surface area contributed by atoms with E-state index in [1.807, 2.05) is 0 Å². The summed E-state index contributed by atoms with van der Waals surface area (Å²) >= 11 is 0. The fraction of sp³-hybridized carbons (Fsp3) is 0.400. The minimum absolute atomic E-state index is 0.0716. The van der Waals surface area contributed by atoms with Gasteiger partial charge in [0.25, 0.3) is 0 Å². The van der Waals surface area contributed by atoms with E-state index in [2.05, 4.69) is 4.72 Å². The summed E-state index contributed by atoms with van der Waals surface area (Å²) < 4.78 is 39.4. The van der Waals surface area contributed by atoms with E-state index in [1.165, 1.54) is 13.0 Å². The summed E-state index contributed by atoms with van der Waals surface area (Å²) in [7, 11) is -3.71. The van der Waals surface area contributed by atoms with Gasteiger partial charge in [-0.05, 0) is 32.9 Å². The summed E-state index contributed by atoms with van der Waals surface area (Å²) in [4.78, 5) is -0.112. The third-order valence-electron chi connectivity index (χ3n) is 2.00. The van der Waals surface area contributed by atoms with Gasteiger partial charge in [0.15, 0.2) is 0 Å². The summed E-state index contributed by atoms with van der Waals surface area (Å²) in [6.45, 7) is 4.79. The molecule has 1 aromatic rings. The average Bonchev–Trinajstić information content (AvgIpc) is 2.08. The highest BCUT2D eigenvalue weighted by Crippen LogP contribution is 2.21. The second-order valence-corrected chi connectivity index (χ2v) is 5.58. The maximum atomic E-state index is 13.3. The van der Waals surface area contributed by atoms with Crippen LogP contribution in [0.5, 0.6) is 0 Å². The third-order valence-corrected chi connectivity index (χ3v) is 3.78. The maximum absolute atomic E-state index is 13.3. The van der Waals surface area contributed by atoms with Crippen molar-refractivity contribution in [1.29, 1.82) is 0 Å². The van der Waals surface area contributed by atoms with Crippen LogP contribution in [-0.2, 0) is 10.0 Å². The summed E-state index contributed by atoms with van der Waals surface area (Å²) in [5, 5.41) is 0. The summed E-state index contributed by atoms with van der Waals surface area (Å²) in [5.74, 6) is -0.621. The minimum atomic E-state index is -3.71. The maximum Gasteiger partial charge on any atom is 0.241 e. The van der Waals surface area contributed by atoms with Crippen molar-refractivity contribution in [1.82, 2.24) is 4.72 Å². The van der Waals surface area contributed by atoms with E-state index in [0.717, 1.165) is 6.07 Å². The third kappa shape index (κ3) is 2.70. The lowest BCUT2D eigenvalue weighted by Gasteiger charge is -2.12. The molecule has 3 N–H and O–H groups in total. The quantitative estimate of drug-likeness (QED) is 0.792. The molecule has 0 atom stereocenters. The Morgan fingerprint density at radius 1 is 1.38 bits per heavy atom. The van der Waals surface area contributed by atoms with Gasteiger partial charge in [0.1, 0.15) is 5.82 Å². The zero-order valence-corrected chi connectivity index (χ0v) is 10.2. The van der Waals surface area contributed by atoms with Crippen LogP contribution in [0.4, 0.5) is 10.1 Å². The Labute approximate surface area is 94.7 Å². The molecular weight excluding hydrogens is 231 g/mol. The van der Waals surface area contributed by atoms with Gasteiger partial charge in [0.05, 0.1) is 4.90 Å². The first-order valence-electron chi connectivity index (χ1n) is 4.82. The van der Waals surface area contributed by atoms with Gasteiger partial charge < -0.3 is 5.73 Å². The van der Waals surface area contributed by atoms with E-state index in [1.54, 1.807) is 13.8 Å². The molecule has 0 fully saturated rings. The Hall–Kier alpha value is -1.14. The van der Waals surface area contributed by atoms with Crippen LogP contribution in [0, 0.1) is 12.7 Å². The van der Waals surface area contributed by atoms with Crippen molar-refractivity contribution in [2.75, 3.05) is 5.73 Å². The molecule has 0 aliphatic carbocycles. The Morgan fingerprint density at radius 3 is 2.44 bits per heavy atom. The SMILES string of the molecule is Cc1c(F)cc(N)cc1S(=O)(=O)NC(C)C. The number of rotatable bonds is 3. The molecule has 0 aliphatic rings. The van der Waals surface area contributed by atoms with E-state index in [0.29, 0.717) is 0 Å². The number of nitrogens with one attached hydrogen (secondary N) is 1. The molecule has 4 nitrogen and oxygen atoms in total. The molecule has 0 spiro atoms. The Morgan fingerprint density at radius 2 is 1.94 bits per heavy atom. The van der Waals surface area contributed by atoms with Crippen molar-refractivity contribution in [2.45, 2.75) is 31.7 Å². The molecule has 0 aliphatic heterocycles. The predicted molar refractivity (Wildman–Crippen MR) is 61.0 cm³/mol. The smallest absolute Gasteiger partial charge is 0.241 e. The van der Waals surface area contributed by atoms with Crippen molar-refractivity contribution in [2.24, 2.45) is 0 Å². The highest BCUT2D eigenvalue weighted by atomic mass is 32.2. The standard InChI is InChI=1S/C10H15FN2O2S/c1-6(2)13-16(14,15)10-5-8(12)4-9(11)7(10)3/h4-6,13H,12H2,1-3H3. The number of hydrogen-bond acceptors (Lipinski definition) is 3. The van der Waals surface area contributed by atoms with E-state index in [4.69, 9.17) is 5.73 Å². The van der Waals surface area contributed by atoms with Gasteiger partial charge in [-0.1, -0.05) is 0 Å². The van der Waals surface area contributed by atoms with Crippen LogP contribution < -0.4 is 10.5 Å². The van der Waals surface area contributed by atoms with E-state index < -0.39 is 15.8 Å².